The topological polar surface area (TPSA) is 51.2 Å². The third-order valence-electron chi connectivity index (χ3n) is 4.47. The van der Waals surface area contributed by atoms with Gasteiger partial charge in [0, 0.05) is 17.5 Å². The van der Waals surface area contributed by atoms with Gasteiger partial charge >= 0.3 is 5.97 Å². The quantitative estimate of drug-likeness (QED) is 0.701. The van der Waals surface area contributed by atoms with Crippen molar-refractivity contribution in [3.63, 3.8) is 0 Å². The average molecular weight is 344 g/mol. The zero-order valence-corrected chi connectivity index (χ0v) is 14.9. The average Bonchev–Trinajstić information content (AvgIpc) is 3.25. The third kappa shape index (κ3) is 5.06. The first-order valence-electron chi connectivity index (χ1n) is 8.63. The van der Waals surface area contributed by atoms with E-state index in [0.717, 1.165) is 28.9 Å². The van der Waals surface area contributed by atoms with E-state index in [1.807, 2.05) is 17.5 Å². The molecule has 1 aromatic heterocycles. The predicted molar refractivity (Wildman–Crippen MR) is 97.6 cm³/mol. The summed E-state index contributed by atoms with van der Waals surface area (Å²) < 4.78 is 5.34. The second-order valence-corrected chi connectivity index (χ2v) is 7.34. The molecule has 0 amide bonds. The number of aryl methyl sites for hydroxylation is 1. The van der Waals surface area contributed by atoms with Gasteiger partial charge in [-0.15, -0.1) is 11.3 Å². The van der Waals surface area contributed by atoms with Gasteiger partial charge in [-0.1, -0.05) is 43.4 Å². The number of aromatic nitrogens is 1. The molecule has 0 atom stereocenters. The van der Waals surface area contributed by atoms with Crippen molar-refractivity contribution < 1.29 is 9.53 Å². The van der Waals surface area contributed by atoms with Crippen LogP contribution in [0.3, 0.4) is 0 Å². The summed E-state index contributed by atoms with van der Waals surface area (Å²) in [6, 6.07) is 8.17. The Balaban J connectivity index is 1.42. The lowest BCUT2D eigenvalue weighted by Gasteiger charge is -2.07. The smallest absolute Gasteiger partial charge is 0.306 e. The molecule has 1 fully saturated rings. The molecule has 0 saturated heterocycles. The molecule has 0 bridgehead atoms. The van der Waals surface area contributed by atoms with E-state index in [2.05, 4.69) is 29.4 Å². The number of hydrogen-bond donors (Lipinski definition) is 1. The van der Waals surface area contributed by atoms with Gasteiger partial charge < -0.3 is 10.1 Å². The Labute approximate surface area is 147 Å². The maximum absolute atomic E-state index is 11.8. The van der Waals surface area contributed by atoms with Crippen molar-refractivity contribution >= 4 is 28.1 Å². The molecular formula is C19H24N2O2S. The number of carbonyl (C=O) groups excluding carboxylic acids is 1. The Kier molecular flexibility index (Phi) is 5.86. The van der Waals surface area contributed by atoms with Crippen LogP contribution in [0, 0.1) is 12.8 Å². The zero-order valence-electron chi connectivity index (χ0n) is 14.1. The van der Waals surface area contributed by atoms with Gasteiger partial charge in [-0.05, 0) is 31.4 Å². The molecule has 1 aliphatic rings. The fourth-order valence-electron chi connectivity index (χ4n) is 3.04. The van der Waals surface area contributed by atoms with Crippen LogP contribution >= 0.6 is 11.3 Å². The molecule has 2 aromatic rings. The first-order valence-corrected chi connectivity index (χ1v) is 9.51. The minimum Gasteiger partial charge on any atom is -0.459 e. The molecule has 24 heavy (non-hydrogen) atoms. The second-order valence-electron chi connectivity index (χ2n) is 6.48. The van der Waals surface area contributed by atoms with E-state index < -0.39 is 0 Å². The van der Waals surface area contributed by atoms with Crippen LogP contribution in [0.1, 0.15) is 49.8 Å². The summed E-state index contributed by atoms with van der Waals surface area (Å²) in [7, 11) is 0. The number of ether oxygens (including phenoxy) is 1. The van der Waals surface area contributed by atoms with Crippen LogP contribution in [0.25, 0.3) is 0 Å². The lowest BCUT2D eigenvalue weighted by molar-refractivity contribution is -0.145. The molecule has 1 saturated carbocycles. The molecule has 0 radical (unpaired) electrons. The van der Waals surface area contributed by atoms with Crippen LogP contribution in [0.2, 0.25) is 0 Å². The number of hydrogen-bond acceptors (Lipinski definition) is 5. The molecule has 1 aliphatic carbocycles. The summed E-state index contributed by atoms with van der Waals surface area (Å²) in [5, 5.41) is 6.02. The van der Waals surface area contributed by atoms with E-state index in [4.69, 9.17) is 4.74 Å². The van der Waals surface area contributed by atoms with Crippen molar-refractivity contribution in [2.75, 3.05) is 5.32 Å². The number of rotatable bonds is 7. The highest BCUT2D eigenvalue weighted by molar-refractivity contribution is 7.13. The maximum Gasteiger partial charge on any atom is 0.306 e. The highest BCUT2D eigenvalue weighted by Gasteiger charge is 2.16. The third-order valence-corrected chi connectivity index (χ3v) is 5.27. The van der Waals surface area contributed by atoms with Gasteiger partial charge in [0.25, 0.3) is 0 Å². The van der Waals surface area contributed by atoms with E-state index in [1.54, 1.807) is 0 Å². The van der Waals surface area contributed by atoms with Crippen LogP contribution in [0.15, 0.2) is 29.6 Å². The van der Waals surface area contributed by atoms with Crippen LogP contribution in [-0.4, -0.2) is 11.0 Å². The van der Waals surface area contributed by atoms with E-state index in [-0.39, 0.29) is 12.6 Å². The van der Waals surface area contributed by atoms with Gasteiger partial charge in [0.2, 0.25) is 0 Å². The summed E-state index contributed by atoms with van der Waals surface area (Å²) in [4.78, 5) is 16.3. The summed E-state index contributed by atoms with van der Waals surface area (Å²) in [6.45, 7) is 2.32. The Bertz CT molecular complexity index is 660. The summed E-state index contributed by atoms with van der Waals surface area (Å²) in [6.07, 6.45) is 6.67. The molecular weight excluding hydrogens is 320 g/mol. The van der Waals surface area contributed by atoms with Gasteiger partial charge in [-0.2, -0.15) is 0 Å². The summed E-state index contributed by atoms with van der Waals surface area (Å²) in [5.74, 6) is 0.616. The van der Waals surface area contributed by atoms with E-state index >= 15 is 0 Å². The number of esters is 1. The Morgan fingerprint density at radius 2 is 2.04 bits per heavy atom. The Morgan fingerprint density at radius 1 is 1.29 bits per heavy atom. The number of carbonyl (C=O) groups is 1. The highest BCUT2D eigenvalue weighted by atomic mass is 32.1. The standard InChI is InChI=1S/C19H24N2O2S/c1-14-6-9-16(10-7-14)20-19-21-17(13-24-19)12-23-18(22)11-8-15-4-2-3-5-15/h6-7,9-10,13,15H,2-5,8,11-12H2,1H3,(H,20,21). The minimum absolute atomic E-state index is 0.108. The van der Waals surface area contributed by atoms with Gasteiger partial charge in [0.1, 0.15) is 6.61 Å². The summed E-state index contributed by atoms with van der Waals surface area (Å²) in [5.41, 5.74) is 3.03. The molecule has 3 rings (SSSR count). The Hall–Kier alpha value is -1.88. The minimum atomic E-state index is -0.108. The number of thiazole rings is 1. The van der Waals surface area contributed by atoms with Crippen molar-refractivity contribution in [2.24, 2.45) is 5.92 Å². The van der Waals surface area contributed by atoms with Crippen molar-refractivity contribution in [1.82, 2.24) is 4.98 Å². The van der Waals surface area contributed by atoms with Gasteiger partial charge in [0.05, 0.1) is 5.69 Å². The van der Waals surface area contributed by atoms with Gasteiger partial charge in [0.15, 0.2) is 5.13 Å². The Morgan fingerprint density at radius 3 is 2.79 bits per heavy atom. The zero-order chi connectivity index (χ0) is 16.8. The molecule has 5 heteroatoms. The summed E-state index contributed by atoms with van der Waals surface area (Å²) >= 11 is 1.52. The number of anilines is 2. The highest BCUT2D eigenvalue weighted by Crippen LogP contribution is 2.28. The monoisotopic (exact) mass is 344 g/mol. The van der Waals surface area contributed by atoms with E-state index in [1.165, 1.54) is 42.6 Å². The van der Waals surface area contributed by atoms with Crippen LogP contribution < -0.4 is 5.32 Å². The SMILES string of the molecule is Cc1ccc(Nc2nc(COC(=O)CCC3CCCC3)cs2)cc1. The van der Waals surface area contributed by atoms with Crippen LogP contribution in [0.4, 0.5) is 10.8 Å². The molecule has 4 nitrogen and oxygen atoms in total. The molecule has 1 aromatic carbocycles. The van der Waals surface area contributed by atoms with Crippen molar-refractivity contribution in [1.29, 1.82) is 0 Å². The second kappa shape index (κ2) is 8.29. The first-order chi connectivity index (χ1) is 11.7. The lowest BCUT2D eigenvalue weighted by atomic mass is 10.0. The van der Waals surface area contributed by atoms with Crippen molar-refractivity contribution in [2.45, 2.75) is 52.1 Å². The van der Waals surface area contributed by atoms with Crippen molar-refractivity contribution in [3.05, 3.63) is 40.9 Å². The lowest BCUT2D eigenvalue weighted by Crippen LogP contribution is -2.07. The first kappa shape index (κ1) is 17.0. The number of nitrogens with zero attached hydrogens (tertiary/aromatic N) is 1. The fourth-order valence-corrected chi connectivity index (χ4v) is 3.75. The molecule has 0 spiro atoms. The molecule has 0 aliphatic heterocycles. The number of nitrogens with one attached hydrogen (secondary N) is 1. The molecule has 128 valence electrons. The van der Waals surface area contributed by atoms with Gasteiger partial charge in [-0.25, -0.2) is 4.98 Å². The van der Waals surface area contributed by atoms with E-state index in [9.17, 15) is 4.79 Å². The maximum atomic E-state index is 11.8. The molecule has 1 N–H and O–H groups in total. The van der Waals surface area contributed by atoms with Gasteiger partial charge in [-0.3, -0.25) is 4.79 Å². The fraction of sp³-hybridized carbons (Fsp3) is 0.474. The van der Waals surface area contributed by atoms with Crippen LogP contribution in [0.5, 0.6) is 0 Å². The van der Waals surface area contributed by atoms with E-state index in [0.29, 0.717) is 6.42 Å². The molecule has 0 unspecified atom stereocenters. The van der Waals surface area contributed by atoms with Crippen LogP contribution in [-0.2, 0) is 16.1 Å². The number of benzene rings is 1. The predicted octanol–water partition coefficient (Wildman–Crippen LogP) is 5.21. The largest absolute Gasteiger partial charge is 0.459 e. The molecule has 1 heterocycles. The normalized spacial score (nSPS) is 14.7. The van der Waals surface area contributed by atoms with Crippen molar-refractivity contribution in [3.8, 4) is 0 Å².